The van der Waals surface area contributed by atoms with Gasteiger partial charge in [0.1, 0.15) is 4.88 Å². The van der Waals surface area contributed by atoms with Crippen LogP contribution in [-0.4, -0.2) is 42.8 Å². The fraction of sp³-hybridized carbons (Fsp3) is 0.542. The molecule has 2 aromatic rings. The van der Waals surface area contributed by atoms with Gasteiger partial charge in [0.05, 0.1) is 37.8 Å². The van der Waals surface area contributed by atoms with Gasteiger partial charge in [0.2, 0.25) is 0 Å². The van der Waals surface area contributed by atoms with E-state index >= 15 is 0 Å². The van der Waals surface area contributed by atoms with Gasteiger partial charge in [0.25, 0.3) is 0 Å². The molecule has 3 rings (SSSR count). The van der Waals surface area contributed by atoms with Crippen LogP contribution in [0.15, 0.2) is 36.4 Å². The predicted molar refractivity (Wildman–Crippen MR) is 126 cm³/mol. The second-order valence-corrected chi connectivity index (χ2v) is 9.67. The molecule has 2 unspecified atom stereocenters. The van der Waals surface area contributed by atoms with Crippen LogP contribution in [0.5, 0.6) is 0 Å². The number of ether oxygens (including phenoxy) is 2. The summed E-state index contributed by atoms with van der Waals surface area (Å²) in [5.41, 5.74) is 2.07. The number of anilines is 1. The maximum atomic E-state index is 11.6. The molecule has 5 nitrogen and oxygen atoms in total. The van der Waals surface area contributed by atoms with Gasteiger partial charge in [-0.3, -0.25) is 0 Å². The van der Waals surface area contributed by atoms with Crippen molar-refractivity contribution in [1.82, 2.24) is 0 Å². The quantitative estimate of drug-likeness (QED) is 0.268. The molecule has 0 saturated carbocycles. The van der Waals surface area contributed by atoms with Gasteiger partial charge in [0, 0.05) is 17.1 Å². The van der Waals surface area contributed by atoms with Crippen LogP contribution in [-0.2, 0) is 16.1 Å². The lowest BCUT2D eigenvalue weighted by Crippen LogP contribution is -2.37. The second-order valence-electron chi connectivity index (χ2n) is 7.94. The number of methoxy groups -OCH3 is 1. The van der Waals surface area contributed by atoms with Crippen LogP contribution < -0.4 is 4.90 Å². The monoisotopic (exact) mass is 465 g/mol. The molecule has 170 valence electrons. The zero-order valence-corrected chi connectivity index (χ0v) is 19.8. The standard InChI is InChI=1S/C24H32ClNO4S/c1-3-4-5-6-22(27)17-7-9-18(10-8-17)26-14-13-20(25)21(26)16-30-15-19-11-12-23(31-19)24(28)29-2/h7-12,20-22,27H,3-6,13-16H2,1-2H3/t20?,21-,22?/m0/s1. The number of halogens is 1. The summed E-state index contributed by atoms with van der Waals surface area (Å²) in [6.45, 7) is 4.01. The van der Waals surface area contributed by atoms with E-state index in [0.717, 1.165) is 54.8 Å². The summed E-state index contributed by atoms with van der Waals surface area (Å²) in [6.07, 6.45) is 4.66. The van der Waals surface area contributed by atoms with Crippen LogP contribution >= 0.6 is 22.9 Å². The third-order valence-electron chi connectivity index (χ3n) is 5.74. The van der Waals surface area contributed by atoms with Gasteiger partial charge in [-0.2, -0.15) is 0 Å². The third kappa shape index (κ3) is 6.45. The van der Waals surface area contributed by atoms with E-state index < -0.39 is 6.10 Å². The fourth-order valence-electron chi connectivity index (χ4n) is 3.92. The van der Waals surface area contributed by atoms with Crippen molar-refractivity contribution in [2.24, 2.45) is 0 Å². The number of unbranched alkanes of at least 4 members (excludes halogenated alkanes) is 2. The van der Waals surface area contributed by atoms with E-state index in [-0.39, 0.29) is 17.4 Å². The average molecular weight is 466 g/mol. The van der Waals surface area contributed by atoms with E-state index in [0.29, 0.717) is 18.1 Å². The number of thiophene rings is 1. The lowest BCUT2D eigenvalue weighted by atomic mass is 10.0. The summed E-state index contributed by atoms with van der Waals surface area (Å²) >= 11 is 7.99. The number of alkyl halides is 1. The van der Waals surface area contributed by atoms with Crippen molar-refractivity contribution >= 4 is 34.6 Å². The van der Waals surface area contributed by atoms with Gasteiger partial charge in [-0.25, -0.2) is 4.79 Å². The molecule has 1 aromatic carbocycles. The zero-order valence-electron chi connectivity index (χ0n) is 18.3. The number of rotatable bonds is 11. The minimum atomic E-state index is -0.403. The molecular formula is C24H32ClNO4S. The molecule has 0 spiro atoms. The van der Waals surface area contributed by atoms with Crippen LogP contribution in [0.2, 0.25) is 0 Å². The van der Waals surface area contributed by atoms with E-state index in [1.54, 1.807) is 6.07 Å². The Balaban J connectivity index is 1.55. The molecule has 0 amide bonds. The Hall–Kier alpha value is -1.60. The largest absolute Gasteiger partial charge is 0.465 e. The summed E-state index contributed by atoms with van der Waals surface area (Å²) in [6, 6.07) is 11.9. The Kier molecular flexibility index (Phi) is 9.20. The molecule has 2 heterocycles. The van der Waals surface area contributed by atoms with Crippen LogP contribution in [0, 0.1) is 0 Å². The number of aliphatic hydroxyl groups is 1. The molecule has 0 aliphatic carbocycles. The number of carbonyl (C=O) groups excluding carboxylic acids is 1. The van der Waals surface area contributed by atoms with Gasteiger partial charge < -0.3 is 19.5 Å². The third-order valence-corrected chi connectivity index (χ3v) is 7.28. The number of hydrogen-bond acceptors (Lipinski definition) is 6. The molecular weight excluding hydrogens is 434 g/mol. The summed E-state index contributed by atoms with van der Waals surface area (Å²) in [5.74, 6) is -0.321. The fourth-order valence-corrected chi connectivity index (χ4v) is 5.09. The first-order valence-corrected chi connectivity index (χ1v) is 12.2. The van der Waals surface area contributed by atoms with Crippen molar-refractivity contribution in [3.8, 4) is 0 Å². The molecule has 1 aliphatic rings. The van der Waals surface area contributed by atoms with Crippen LogP contribution in [0.1, 0.15) is 65.2 Å². The van der Waals surface area contributed by atoms with Crippen LogP contribution in [0.25, 0.3) is 0 Å². The number of benzene rings is 1. The van der Waals surface area contributed by atoms with Gasteiger partial charge >= 0.3 is 5.97 Å². The molecule has 1 saturated heterocycles. The first-order valence-electron chi connectivity index (χ1n) is 11.0. The number of nitrogens with zero attached hydrogens (tertiary/aromatic N) is 1. The zero-order chi connectivity index (χ0) is 22.2. The van der Waals surface area contributed by atoms with E-state index in [1.165, 1.54) is 18.4 Å². The highest BCUT2D eigenvalue weighted by Gasteiger charge is 2.33. The molecule has 7 heteroatoms. The topological polar surface area (TPSA) is 59.0 Å². The first kappa shape index (κ1) is 24.1. The Morgan fingerprint density at radius 2 is 2.03 bits per heavy atom. The van der Waals surface area contributed by atoms with Gasteiger partial charge in [-0.15, -0.1) is 22.9 Å². The Morgan fingerprint density at radius 1 is 1.26 bits per heavy atom. The van der Waals surface area contributed by atoms with Crippen molar-refractivity contribution in [3.05, 3.63) is 51.7 Å². The summed E-state index contributed by atoms with van der Waals surface area (Å²) < 4.78 is 10.7. The lowest BCUT2D eigenvalue weighted by molar-refractivity contribution is 0.0606. The van der Waals surface area contributed by atoms with E-state index in [1.807, 2.05) is 18.2 Å². The lowest BCUT2D eigenvalue weighted by Gasteiger charge is -2.28. The second kappa shape index (κ2) is 11.9. The highest BCUT2D eigenvalue weighted by molar-refractivity contribution is 7.13. The number of aliphatic hydroxyl groups excluding tert-OH is 1. The van der Waals surface area contributed by atoms with Gasteiger partial charge in [0.15, 0.2) is 0 Å². The van der Waals surface area contributed by atoms with Crippen molar-refractivity contribution in [1.29, 1.82) is 0 Å². The number of carbonyl (C=O) groups is 1. The molecule has 0 bridgehead atoms. The van der Waals surface area contributed by atoms with Gasteiger partial charge in [-0.1, -0.05) is 38.3 Å². The molecule has 1 fully saturated rings. The van der Waals surface area contributed by atoms with Crippen molar-refractivity contribution in [3.63, 3.8) is 0 Å². The Labute approximate surface area is 193 Å². The normalized spacial score (nSPS) is 19.5. The maximum absolute atomic E-state index is 11.6. The van der Waals surface area contributed by atoms with E-state index in [4.69, 9.17) is 21.1 Å². The van der Waals surface area contributed by atoms with E-state index in [2.05, 4.69) is 24.0 Å². The number of esters is 1. The molecule has 1 aromatic heterocycles. The van der Waals surface area contributed by atoms with Crippen molar-refractivity contribution < 1.29 is 19.4 Å². The Morgan fingerprint density at radius 3 is 2.74 bits per heavy atom. The average Bonchev–Trinajstić information content (AvgIpc) is 3.40. The minimum absolute atomic E-state index is 0.0216. The van der Waals surface area contributed by atoms with Crippen LogP contribution in [0.4, 0.5) is 5.69 Å². The highest BCUT2D eigenvalue weighted by atomic mass is 35.5. The summed E-state index contributed by atoms with van der Waals surface area (Å²) in [7, 11) is 1.38. The summed E-state index contributed by atoms with van der Waals surface area (Å²) in [4.78, 5) is 15.4. The Bertz CT molecular complexity index is 825. The minimum Gasteiger partial charge on any atom is -0.465 e. The smallest absolute Gasteiger partial charge is 0.348 e. The number of hydrogen-bond donors (Lipinski definition) is 1. The highest BCUT2D eigenvalue weighted by Crippen LogP contribution is 2.31. The van der Waals surface area contributed by atoms with Gasteiger partial charge in [-0.05, 0) is 42.7 Å². The van der Waals surface area contributed by atoms with Crippen LogP contribution in [0.3, 0.4) is 0 Å². The SMILES string of the molecule is CCCCCC(O)c1ccc(N2CCC(Cl)[C@@H]2COCc2ccc(C(=O)OC)s2)cc1. The first-order chi connectivity index (χ1) is 15.0. The van der Waals surface area contributed by atoms with Crippen molar-refractivity contribution in [2.45, 2.75) is 63.2 Å². The molecule has 31 heavy (non-hydrogen) atoms. The van der Waals surface area contributed by atoms with Crippen molar-refractivity contribution in [2.75, 3.05) is 25.2 Å². The predicted octanol–water partition coefficient (Wildman–Crippen LogP) is 5.55. The van der Waals surface area contributed by atoms with E-state index in [9.17, 15) is 9.90 Å². The molecule has 0 radical (unpaired) electrons. The maximum Gasteiger partial charge on any atom is 0.348 e. The summed E-state index contributed by atoms with van der Waals surface area (Å²) in [5, 5.41) is 10.4. The molecule has 1 aliphatic heterocycles. The molecule has 3 atom stereocenters. The molecule has 1 N–H and O–H groups in total.